The number of amides is 2. The molecular formula is C22H26N2O3. The summed E-state index contributed by atoms with van der Waals surface area (Å²) in [6.45, 7) is 2.98. The second kappa shape index (κ2) is 8.25. The largest absolute Gasteiger partial charge is 0.497 e. The van der Waals surface area contributed by atoms with E-state index in [1.165, 1.54) is 0 Å². The molecule has 0 aromatic heterocycles. The summed E-state index contributed by atoms with van der Waals surface area (Å²) in [5.74, 6) is 0.466. The van der Waals surface area contributed by atoms with Gasteiger partial charge in [-0.1, -0.05) is 42.0 Å². The monoisotopic (exact) mass is 366 g/mol. The number of rotatable bonds is 8. The molecule has 1 aliphatic carbocycles. The van der Waals surface area contributed by atoms with Gasteiger partial charge in [0.2, 0.25) is 11.8 Å². The van der Waals surface area contributed by atoms with Crippen molar-refractivity contribution in [3.05, 3.63) is 65.2 Å². The molecule has 0 atom stereocenters. The van der Waals surface area contributed by atoms with Crippen LogP contribution in [0.1, 0.15) is 29.5 Å². The minimum Gasteiger partial charge on any atom is -0.497 e. The average molecular weight is 366 g/mol. The van der Waals surface area contributed by atoms with Crippen LogP contribution in [0.2, 0.25) is 0 Å². The maximum atomic E-state index is 12.5. The number of methoxy groups -OCH3 is 1. The van der Waals surface area contributed by atoms with Crippen molar-refractivity contribution in [2.45, 2.75) is 32.7 Å². The zero-order valence-corrected chi connectivity index (χ0v) is 15.9. The van der Waals surface area contributed by atoms with Crippen molar-refractivity contribution < 1.29 is 14.3 Å². The molecule has 142 valence electrons. The minimum absolute atomic E-state index is 0.169. The van der Waals surface area contributed by atoms with Gasteiger partial charge in [-0.3, -0.25) is 9.59 Å². The molecule has 0 aliphatic heterocycles. The van der Waals surface area contributed by atoms with E-state index in [9.17, 15) is 9.59 Å². The summed E-state index contributed by atoms with van der Waals surface area (Å²) in [6, 6.07) is 15.8. The smallest absolute Gasteiger partial charge is 0.235 e. The topological polar surface area (TPSA) is 67.4 Å². The molecule has 0 spiro atoms. The summed E-state index contributed by atoms with van der Waals surface area (Å²) in [6.07, 6.45) is 1.94. The SMILES string of the molecule is COc1ccc(CCNC(=O)C2(C(=O)NCc3cccc(C)c3)CC2)cc1. The Bertz CT molecular complexity index is 811. The van der Waals surface area contributed by atoms with Gasteiger partial charge in [0.1, 0.15) is 11.2 Å². The van der Waals surface area contributed by atoms with E-state index in [0.717, 1.165) is 28.9 Å². The number of aryl methyl sites for hydroxylation is 1. The number of benzene rings is 2. The highest BCUT2D eigenvalue weighted by atomic mass is 16.5. The van der Waals surface area contributed by atoms with Gasteiger partial charge in [-0.25, -0.2) is 0 Å². The van der Waals surface area contributed by atoms with Crippen LogP contribution in [-0.4, -0.2) is 25.5 Å². The Hall–Kier alpha value is -2.82. The molecule has 1 aliphatic rings. The summed E-state index contributed by atoms with van der Waals surface area (Å²) in [5, 5.41) is 5.84. The van der Waals surface area contributed by atoms with E-state index in [1.807, 2.05) is 55.5 Å². The molecule has 0 saturated heterocycles. The number of hydrogen-bond donors (Lipinski definition) is 2. The molecule has 0 heterocycles. The molecule has 5 heteroatoms. The summed E-state index contributed by atoms with van der Waals surface area (Å²) < 4.78 is 5.14. The van der Waals surface area contributed by atoms with Crippen molar-refractivity contribution in [1.82, 2.24) is 10.6 Å². The molecule has 2 N–H and O–H groups in total. The van der Waals surface area contributed by atoms with Gasteiger partial charge in [-0.15, -0.1) is 0 Å². The third-order valence-corrected chi connectivity index (χ3v) is 5.01. The van der Waals surface area contributed by atoms with E-state index in [4.69, 9.17) is 4.74 Å². The van der Waals surface area contributed by atoms with Crippen LogP contribution in [0.15, 0.2) is 48.5 Å². The molecule has 0 bridgehead atoms. The lowest BCUT2D eigenvalue weighted by Crippen LogP contribution is -2.43. The van der Waals surface area contributed by atoms with Gasteiger partial charge in [0, 0.05) is 13.1 Å². The Morgan fingerprint density at radius 1 is 1.00 bits per heavy atom. The van der Waals surface area contributed by atoms with E-state index in [0.29, 0.717) is 25.9 Å². The van der Waals surface area contributed by atoms with Gasteiger partial charge in [0.15, 0.2) is 0 Å². The van der Waals surface area contributed by atoms with Gasteiger partial charge in [0.05, 0.1) is 7.11 Å². The van der Waals surface area contributed by atoms with Gasteiger partial charge < -0.3 is 15.4 Å². The maximum absolute atomic E-state index is 12.5. The first-order valence-electron chi connectivity index (χ1n) is 9.28. The number of carbonyl (C=O) groups is 2. The van der Waals surface area contributed by atoms with Gasteiger partial charge in [0.25, 0.3) is 0 Å². The molecule has 2 amide bonds. The van der Waals surface area contributed by atoms with Crippen LogP contribution in [0.3, 0.4) is 0 Å². The Balaban J connectivity index is 1.47. The van der Waals surface area contributed by atoms with Crippen molar-refractivity contribution in [3.8, 4) is 5.75 Å². The highest BCUT2D eigenvalue weighted by Gasteiger charge is 2.56. The fourth-order valence-corrected chi connectivity index (χ4v) is 3.14. The van der Waals surface area contributed by atoms with Crippen LogP contribution in [0.5, 0.6) is 5.75 Å². The van der Waals surface area contributed by atoms with Gasteiger partial charge in [-0.2, -0.15) is 0 Å². The number of hydrogen-bond acceptors (Lipinski definition) is 3. The summed E-state index contributed by atoms with van der Waals surface area (Å²) in [4.78, 5) is 25.1. The average Bonchev–Trinajstić information content (AvgIpc) is 3.49. The van der Waals surface area contributed by atoms with Crippen LogP contribution in [-0.2, 0) is 22.6 Å². The molecule has 2 aromatic carbocycles. The number of nitrogens with one attached hydrogen (secondary N) is 2. The molecule has 1 saturated carbocycles. The van der Waals surface area contributed by atoms with Crippen molar-refractivity contribution in [3.63, 3.8) is 0 Å². The highest BCUT2D eigenvalue weighted by Crippen LogP contribution is 2.46. The van der Waals surface area contributed by atoms with Crippen molar-refractivity contribution in [1.29, 1.82) is 0 Å². The minimum atomic E-state index is -0.885. The normalized spacial score (nSPS) is 14.3. The zero-order valence-electron chi connectivity index (χ0n) is 15.9. The molecular weight excluding hydrogens is 340 g/mol. The number of ether oxygens (including phenoxy) is 1. The zero-order chi connectivity index (χ0) is 19.3. The van der Waals surface area contributed by atoms with Gasteiger partial charge in [-0.05, 0) is 49.4 Å². The lowest BCUT2D eigenvalue weighted by Gasteiger charge is -2.15. The quantitative estimate of drug-likeness (QED) is 0.706. The second-order valence-corrected chi connectivity index (χ2v) is 7.11. The van der Waals surface area contributed by atoms with Crippen LogP contribution in [0, 0.1) is 12.3 Å². The number of carbonyl (C=O) groups excluding carboxylic acids is 2. The fourth-order valence-electron chi connectivity index (χ4n) is 3.14. The third kappa shape index (κ3) is 4.67. The fraction of sp³-hybridized carbons (Fsp3) is 0.364. The predicted octanol–water partition coefficient (Wildman–Crippen LogP) is 2.76. The van der Waals surface area contributed by atoms with E-state index in [-0.39, 0.29) is 11.8 Å². The van der Waals surface area contributed by atoms with E-state index in [2.05, 4.69) is 10.6 Å². The summed E-state index contributed by atoms with van der Waals surface area (Å²) in [5.41, 5.74) is 2.42. The molecule has 0 radical (unpaired) electrons. The van der Waals surface area contributed by atoms with Crippen LogP contribution in [0.4, 0.5) is 0 Å². The van der Waals surface area contributed by atoms with E-state index in [1.54, 1.807) is 7.11 Å². The van der Waals surface area contributed by atoms with Crippen molar-refractivity contribution in [2.24, 2.45) is 5.41 Å². The third-order valence-electron chi connectivity index (χ3n) is 5.01. The summed E-state index contributed by atoms with van der Waals surface area (Å²) in [7, 11) is 1.63. The molecule has 5 nitrogen and oxygen atoms in total. The Kier molecular flexibility index (Phi) is 5.79. The molecule has 27 heavy (non-hydrogen) atoms. The Morgan fingerprint density at radius 3 is 2.33 bits per heavy atom. The molecule has 3 rings (SSSR count). The first-order valence-corrected chi connectivity index (χ1v) is 9.28. The predicted molar refractivity (Wildman–Crippen MR) is 104 cm³/mol. The lowest BCUT2D eigenvalue weighted by atomic mass is 10.0. The van der Waals surface area contributed by atoms with Crippen molar-refractivity contribution in [2.75, 3.05) is 13.7 Å². The van der Waals surface area contributed by atoms with Crippen LogP contribution < -0.4 is 15.4 Å². The van der Waals surface area contributed by atoms with E-state index < -0.39 is 5.41 Å². The highest BCUT2D eigenvalue weighted by molar-refractivity contribution is 6.07. The van der Waals surface area contributed by atoms with E-state index >= 15 is 0 Å². The second-order valence-electron chi connectivity index (χ2n) is 7.11. The standard InChI is InChI=1S/C22H26N2O3/c1-16-4-3-5-18(14-16)15-24-21(26)22(11-12-22)20(25)23-13-10-17-6-8-19(27-2)9-7-17/h3-9,14H,10-13,15H2,1-2H3,(H,23,25)(H,24,26). The first kappa shape index (κ1) is 19.0. The van der Waals surface area contributed by atoms with Crippen molar-refractivity contribution >= 4 is 11.8 Å². The summed E-state index contributed by atoms with van der Waals surface area (Å²) >= 11 is 0. The Labute approximate surface area is 160 Å². The Morgan fingerprint density at radius 2 is 1.70 bits per heavy atom. The molecule has 1 fully saturated rings. The lowest BCUT2D eigenvalue weighted by molar-refractivity contribution is -0.137. The van der Waals surface area contributed by atoms with Gasteiger partial charge >= 0.3 is 0 Å². The van der Waals surface area contributed by atoms with Crippen LogP contribution >= 0.6 is 0 Å². The first-order chi connectivity index (χ1) is 13.0. The molecule has 0 unspecified atom stereocenters. The molecule has 2 aromatic rings. The maximum Gasteiger partial charge on any atom is 0.235 e. The van der Waals surface area contributed by atoms with Crippen LogP contribution in [0.25, 0.3) is 0 Å².